The van der Waals surface area contributed by atoms with Crippen LogP contribution < -0.4 is 5.73 Å². The van der Waals surface area contributed by atoms with Gasteiger partial charge < -0.3 is 10.8 Å². The number of rotatable bonds is 4. The van der Waals surface area contributed by atoms with Crippen molar-refractivity contribution in [3.63, 3.8) is 0 Å². The van der Waals surface area contributed by atoms with Crippen molar-refractivity contribution in [2.75, 3.05) is 5.73 Å². The maximum absolute atomic E-state index is 11.0. The summed E-state index contributed by atoms with van der Waals surface area (Å²) in [5, 5.41) is 41.1. The van der Waals surface area contributed by atoms with E-state index in [0.29, 0.717) is 17.1 Å². The molecule has 0 heterocycles. The average molecular weight is 353 g/mol. The highest BCUT2D eigenvalue weighted by Crippen LogP contribution is 2.41. The van der Waals surface area contributed by atoms with Gasteiger partial charge in [0.15, 0.2) is 0 Å². The number of azo groups is 1. The number of hydrogen-bond acceptors (Lipinski definition) is 8. The summed E-state index contributed by atoms with van der Waals surface area (Å²) >= 11 is 0. The molecule has 3 aromatic rings. The summed E-state index contributed by atoms with van der Waals surface area (Å²) in [4.78, 5) is 20.2. The second-order valence-corrected chi connectivity index (χ2v) is 5.27. The number of non-ortho nitro benzene ring substituents is 1. The van der Waals surface area contributed by atoms with E-state index >= 15 is 0 Å². The normalized spacial score (nSPS) is 11.1. The first-order chi connectivity index (χ1) is 12.4. The molecule has 130 valence electrons. The lowest BCUT2D eigenvalue weighted by Gasteiger charge is -2.05. The van der Waals surface area contributed by atoms with Crippen LogP contribution >= 0.6 is 0 Å². The summed E-state index contributed by atoms with van der Waals surface area (Å²) in [6.45, 7) is 0. The van der Waals surface area contributed by atoms with Gasteiger partial charge in [-0.25, -0.2) is 0 Å². The number of phenols is 1. The number of nitrogen functional groups attached to an aromatic ring is 1. The molecule has 0 radical (unpaired) electrons. The highest BCUT2D eigenvalue weighted by molar-refractivity contribution is 5.97. The van der Waals surface area contributed by atoms with Gasteiger partial charge in [0.05, 0.1) is 21.6 Å². The molecule has 10 heteroatoms. The van der Waals surface area contributed by atoms with E-state index in [9.17, 15) is 25.3 Å². The highest BCUT2D eigenvalue weighted by atomic mass is 16.6. The third-order valence-corrected chi connectivity index (χ3v) is 3.65. The molecule has 0 atom stereocenters. The summed E-state index contributed by atoms with van der Waals surface area (Å²) < 4.78 is 0. The molecule has 0 fully saturated rings. The van der Waals surface area contributed by atoms with E-state index in [2.05, 4.69) is 10.2 Å². The van der Waals surface area contributed by atoms with Gasteiger partial charge in [-0.1, -0.05) is 30.3 Å². The molecule has 0 spiro atoms. The Kier molecular flexibility index (Phi) is 4.15. The predicted molar refractivity (Wildman–Crippen MR) is 94.0 cm³/mol. The Morgan fingerprint density at radius 1 is 0.962 bits per heavy atom. The van der Waals surface area contributed by atoms with E-state index in [-0.39, 0.29) is 5.69 Å². The van der Waals surface area contributed by atoms with Gasteiger partial charge in [0.2, 0.25) is 5.75 Å². The molecule has 3 aromatic carbocycles. The van der Waals surface area contributed by atoms with E-state index in [4.69, 9.17) is 5.73 Å². The van der Waals surface area contributed by atoms with Gasteiger partial charge in [-0.15, -0.1) is 10.2 Å². The number of fused-ring (bicyclic) bond motifs is 1. The minimum atomic E-state index is -0.937. The van der Waals surface area contributed by atoms with Crippen molar-refractivity contribution in [2.45, 2.75) is 0 Å². The first kappa shape index (κ1) is 16.8. The third-order valence-electron chi connectivity index (χ3n) is 3.65. The van der Waals surface area contributed by atoms with Crippen LogP contribution in [0.2, 0.25) is 0 Å². The average Bonchev–Trinajstić information content (AvgIpc) is 2.61. The monoisotopic (exact) mass is 353 g/mol. The van der Waals surface area contributed by atoms with Gasteiger partial charge in [-0.3, -0.25) is 20.2 Å². The highest BCUT2D eigenvalue weighted by Gasteiger charge is 2.24. The van der Waals surface area contributed by atoms with Crippen molar-refractivity contribution in [1.29, 1.82) is 0 Å². The summed E-state index contributed by atoms with van der Waals surface area (Å²) in [5.41, 5.74) is 4.67. The van der Waals surface area contributed by atoms with Gasteiger partial charge in [0.1, 0.15) is 11.4 Å². The fourth-order valence-corrected chi connectivity index (χ4v) is 2.40. The van der Waals surface area contributed by atoms with Crippen LogP contribution in [0, 0.1) is 20.2 Å². The van der Waals surface area contributed by atoms with E-state index < -0.39 is 32.7 Å². The first-order valence-electron chi connectivity index (χ1n) is 7.23. The molecule has 0 aliphatic heterocycles. The largest absolute Gasteiger partial charge is 0.501 e. The molecule has 0 saturated carbocycles. The van der Waals surface area contributed by atoms with Gasteiger partial charge in [-0.2, -0.15) is 0 Å². The van der Waals surface area contributed by atoms with Crippen LogP contribution in [0.3, 0.4) is 0 Å². The van der Waals surface area contributed by atoms with Gasteiger partial charge in [0.25, 0.3) is 5.69 Å². The number of hydrogen-bond donors (Lipinski definition) is 2. The molecule has 0 aromatic heterocycles. The molecule has 0 aliphatic carbocycles. The quantitative estimate of drug-likeness (QED) is 0.307. The minimum absolute atomic E-state index is 0.289. The molecular formula is C16H11N5O5. The minimum Gasteiger partial charge on any atom is -0.501 e. The van der Waals surface area contributed by atoms with Crippen LogP contribution in [0.1, 0.15) is 0 Å². The van der Waals surface area contributed by atoms with E-state index in [0.717, 1.165) is 11.5 Å². The first-order valence-corrected chi connectivity index (χ1v) is 7.23. The number of nitrogens with zero attached hydrogens (tertiary/aromatic N) is 4. The molecule has 0 amide bonds. The third kappa shape index (κ3) is 2.98. The van der Waals surface area contributed by atoms with Crippen LogP contribution in [0.5, 0.6) is 5.75 Å². The maximum Gasteiger partial charge on any atom is 0.319 e. The van der Waals surface area contributed by atoms with E-state index in [1.807, 2.05) is 12.1 Å². The number of benzene rings is 3. The van der Waals surface area contributed by atoms with Crippen LogP contribution in [0.4, 0.5) is 28.4 Å². The van der Waals surface area contributed by atoms with E-state index in [1.54, 1.807) is 24.3 Å². The molecule has 10 nitrogen and oxygen atoms in total. The Morgan fingerprint density at radius 3 is 2.38 bits per heavy atom. The molecule has 0 aliphatic rings. The Hall–Kier alpha value is -4.08. The second kappa shape index (κ2) is 6.43. The fourth-order valence-electron chi connectivity index (χ4n) is 2.40. The van der Waals surface area contributed by atoms with Crippen molar-refractivity contribution in [3.8, 4) is 5.75 Å². The Balaban J connectivity index is 2.16. The lowest BCUT2D eigenvalue weighted by molar-refractivity contribution is -0.394. The molecular weight excluding hydrogens is 342 g/mol. The molecule has 0 bridgehead atoms. The molecule has 3 rings (SSSR count). The maximum atomic E-state index is 11.0. The summed E-state index contributed by atoms with van der Waals surface area (Å²) in [7, 11) is 0. The van der Waals surface area contributed by atoms with Crippen LogP contribution in [-0.4, -0.2) is 15.0 Å². The lowest BCUT2D eigenvalue weighted by atomic mass is 10.1. The van der Waals surface area contributed by atoms with Gasteiger partial charge in [-0.05, 0) is 11.5 Å². The Bertz CT molecular complexity index is 1080. The SMILES string of the molecule is Nc1ccc2ccccc2c1N=Nc1cc([N+](=O)[O-])cc([N+](=O)[O-])c1O. The molecule has 26 heavy (non-hydrogen) atoms. The second-order valence-electron chi connectivity index (χ2n) is 5.27. The summed E-state index contributed by atoms with van der Waals surface area (Å²) in [6.07, 6.45) is 0. The Labute approximate surface area is 145 Å². The van der Waals surface area contributed by atoms with Crippen molar-refractivity contribution >= 4 is 39.2 Å². The summed E-state index contributed by atoms with van der Waals surface area (Å²) in [6, 6.07) is 12.2. The van der Waals surface area contributed by atoms with Gasteiger partial charge >= 0.3 is 5.69 Å². The van der Waals surface area contributed by atoms with Crippen molar-refractivity contribution in [2.24, 2.45) is 10.2 Å². The zero-order valence-electron chi connectivity index (χ0n) is 13.1. The topological polar surface area (TPSA) is 157 Å². The number of nitrogens with two attached hydrogens (primary N) is 1. The number of nitro groups is 2. The van der Waals surface area contributed by atoms with Crippen molar-refractivity contribution in [3.05, 3.63) is 68.8 Å². The lowest BCUT2D eigenvalue weighted by Crippen LogP contribution is -1.93. The van der Waals surface area contributed by atoms with Crippen LogP contribution in [0.25, 0.3) is 10.8 Å². The Morgan fingerprint density at radius 2 is 1.69 bits per heavy atom. The standard InChI is InChI=1S/C16H11N5O5/c17-12-6-5-9-3-1-2-4-11(9)15(12)19-18-13-7-10(20(23)24)8-14(16(13)22)21(25)26/h1-8,22H,17H2. The van der Waals surface area contributed by atoms with Gasteiger partial charge in [0, 0.05) is 11.5 Å². The fraction of sp³-hybridized carbons (Fsp3) is 0. The van der Waals surface area contributed by atoms with Crippen molar-refractivity contribution in [1.82, 2.24) is 0 Å². The molecule has 0 saturated heterocycles. The van der Waals surface area contributed by atoms with Crippen LogP contribution in [-0.2, 0) is 0 Å². The molecule has 3 N–H and O–H groups in total. The number of phenolic OH excluding ortho intramolecular Hbond substituents is 1. The number of anilines is 1. The molecule has 0 unspecified atom stereocenters. The van der Waals surface area contributed by atoms with Crippen LogP contribution in [0.15, 0.2) is 58.8 Å². The smallest absolute Gasteiger partial charge is 0.319 e. The zero-order chi connectivity index (χ0) is 18.8. The number of aromatic hydroxyl groups is 1. The summed E-state index contributed by atoms with van der Waals surface area (Å²) in [5.74, 6) is -0.817. The zero-order valence-corrected chi connectivity index (χ0v) is 13.1. The van der Waals surface area contributed by atoms with E-state index in [1.165, 1.54) is 0 Å². The number of nitro benzene ring substituents is 2. The predicted octanol–water partition coefficient (Wildman–Crippen LogP) is 4.36. The van der Waals surface area contributed by atoms with Crippen molar-refractivity contribution < 1.29 is 15.0 Å².